The van der Waals surface area contributed by atoms with Gasteiger partial charge in [-0.05, 0) is 24.1 Å². The molecule has 3 nitrogen and oxygen atoms in total. The van der Waals surface area contributed by atoms with Crippen LogP contribution in [0.4, 0.5) is 0 Å². The summed E-state index contributed by atoms with van der Waals surface area (Å²) in [4.78, 5) is 7.76. The fourth-order valence-corrected chi connectivity index (χ4v) is 1.71. The zero-order chi connectivity index (χ0) is 10.8. The van der Waals surface area contributed by atoms with Crippen LogP contribution in [-0.2, 0) is 6.42 Å². The minimum Gasteiger partial charge on any atom is -0.342 e. The molecule has 0 amide bonds. The molecule has 1 aromatic carbocycles. The van der Waals surface area contributed by atoms with Crippen LogP contribution in [0.3, 0.4) is 0 Å². The number of aryl methyl sites for hydroxylation is 1. The van der Waals surface area contributed by atoms with E-state index < -0.39 is 0 Å². The number of aromatic nitrogens is 2. The number of hydrogen-bond acceptors (Lipinski definition) is 2. The van der Waals surface area contributed by atoms with Crippen molar-refractivity contribution in [1.82, 2.24) is 9.97 Å². The SMILES string of the molecule is CCc1nc2ccc(C(N)CC)cc2[nH]1. The Morgan fingerprint density at radius 2 is 2.20 bits per heavy atom. The fourth-order valence-electron chi connectivity index (χ4n) is 1.71. The van der Waals surface area contributed by atoms with Gasteiger partial charge in [0.15, 0.2) is 0 Å². The number of aromatic amines is 1. The van der Waals surface area contributed by atoms with Gasteiger partial charge in [0.05, 0.1) is 11.0 Å². The van der Waals surface area contributed by atoms with E-state index in [9.17, 15) is 0 Å². The summed E-state index contributed by atoms with van der Waals surface area (Å²) in [5, 5.41) is 0. The first kappa shape index (κ1) is 10.2. The van der Waals surface area contributed by atoms with Gasteiger partial charge in [0.2, 0.25) is 0 Å². The topological polar surface area (TPSA) is 54.7 Å². The Kier molecular flexibility index (Phi) is 2.73. The normalized spacial score (nSPS) is 13.3. The van der Waals surface area contributed by atoms with Gasteiger partial charge in [0.1, 0.15) is 5.82 Å². The predicted octanol–water partition coefficient (Wildman–Crippen LogP) is 2.54. The van der Waals surface area contributed by atoms with E-state index in [2.05, 4.69) is 35.9 Å². The molecule has 2 rings (SSSR count). The van der Waals surface area contributed by atoms with Gasteiger partial charge in [-0.15, -0.1) is 0 Å². The summed E-state index contributed by atoms with van der Waals surface area (Å²) in [5.74, 6) is 1.03. The molecule has 1 heterocycles. The van der Waals surface area contributed by atoms with Crippen molar-refractivity contribution in [3.05, 3.63) is 29.6 Å². The van der Waals surface area contributed by atoms with Gasteiger partial charge >= 0.3 is 0 Å². The lowest BCUT2D eigenvalue weighted by molar-refractivity contribution is 0.699. The third kappa shape index (κ3) is 1.88. The monoisotopic (exact) mass is 203 g/mol. The lowest BCUT2D eigenvalue weighted by Crippen LogP contribution is -2.08. The molecule has 80 valence electrons. The molecular weight excluding hydrogens is 186 g/mol. The highest BCUT2D eigenvalue weighted by Gasteiger charge is 2.06. The number of rotatable bonds is 3. The molecule has 0 saturated heterocycles. The lowest BCUT2D eigenvalue weighted by Gasteiger charge is -2.08. The van der Waals surface area contributed by atoms with E-state index in [1.807, 2.05) is 6.07 Å². The maximum absolute atomic E-state index is 5.99. The van der Waals surface area contributed by atoms with Gasteiger partial charge < -0.3 is 10.7 Å². The summed E-state index contributed by atoms with van der Waals surface area (Å²) < 4.78 is 0. The summed E-state index contributed by atoms with van der Waals surface area (Å²) >= 11 is 0. The predicted molar refractivity (Wildman–Crippen MR) is 62.7 cm³/mol. The Morgan fingerprint density at radius 1 is 1.40 bits per heavy atom. The van der Waals surface area contributed by atoms with Crippen LogP contribution in [0, 0.1) is 0 Å². The first-order valence-corrected chi connectivity index (χ1v) is 5.48. The molecule has 0 saturated carbocycles. The van der Waals surface area contributed by atoms with Crippen molar-refractivity contribution in [2.75, 3.05) is 0 Å². The van der Waals surface area contributed by atoms with Crippen molar-refractivity contribution in [3.8, 4) is 0 Å². The number of H-pyrrole nitrogens is 1. The Bertz CT molecular complexity index is 459. The molecule has 1 unspecified atom stereocenters. The molecule has 0 aliphatic rings. The van der Waals surface area contributed by atoms with Crippen LogP contribution in [0.5, 0.6) is 0 Å². The molecule has 1 atom stereocenters. The number of nitrogens with two attached hydrogens (primary N) is 1. The van der Waals surface area contributed by atoms with Crippen molar-refractivity contribution >= 4 is 11.0 Å². The highest BCUT2D eigenvalue weighted by molar-refractivity contribution is 5.76. The maximum atomic E-state index is 5.99. The summed E-state index contributed by atoms with van der Waals surface area (Å²) in [6.07, 6.45) is 1.89. The number of nitrogens with zero attached hydrogens (tertiary/aromatic N) is 1. The molecule has 0 spiro atoms. The number of hydrogen-bond donors (Lipinski definition) is 2. The van der Waals surface area contributed by atoms with Crippen LogP contribution < -0.4 is 5.73 Å². The van der Waals surface area contributed by atoms with E-state index in [-0.39, 0.29) is 6.04 Å². The second kappa shape index (κ2) is 4.03. The zero-order valence-electron chi connectivity index (χ0n) is 9.25. The minimum absolute atomic E-state index is 0.128. The number of fused-ring (bicyclic) bond motifs is 1. The summed E-state index contributed by atoms with van der Waals surface area (Å²) in [6.45, 7) is 4.19. The highest BCUT2D eigenvalue weighted by Crippen LogP contribution is 2.19. The molecule has 0 radical (unpaired) electrons. The number of benzene rings is 1. The quantitative estimate of drug-likeness (QED) is 0.805. The molecule has 3 N–H and O–H groups in total. The molecule has 0 bridgehead atoms. The maximum Gasteiger partial charge on any atom is 0.106 e. The van der Waals surface area contributed by atoms with Gasteiger partial charge in [-0.2, -0.15) is 0 Å². The third-order valence-electron chi connectivity index (χ3n) is 2.76. The molecule has 0 aliphatic heterocycles. The zero-order valence-corrected chi connectivity index (χ0v) is 9.25. The van der Waals surface area contributed by atoms with Crippen molar-refractivity contribution in [1.29, 1.82) is 0 Å². The van der Waals surface area contributed by atoms with Gasteiger partial charge in [-0.1, -0.05) is 19.9 Å². The Labute approximate surface area is 89.7 Å². The molecule has 15 heavy (non-hydrogen) atoms. The van der Waals surface area contributed by atoms with Crippen LogP contribution in [0.25, 0.3) is 11.0 Å². The van der Waals surface area contributed by atoms with E-state index in [1.165, 1.54) is 5.56 Å². The van der Waals surface area contributed by atoms with Crippen LogP contribution >= 0.6 is 0 Å². The van der Waals surface area contributed by atoms with E-state index in [4.69, 9.17) is 5.73 Å². The van der Waals surface area contributed by atoms with Gasteiger partial charge in [0, 0.05) is 12.5 Å². The molecule has 3 heteroatoms. The first-order chi connectivity index (χ1) is 7.24. The molecule has 1 aromatic heterocycles. The summed E-state index contributed by atoms with van der Waals surface area (Å²) in [7, 11) is 0. The Balaban J connectivity index is 2.45. The van der Waals surface area contributed by atoms with Crippen LogP contribution in [0.1, 0.15) is 37.7 Å². The van der Waals surface area contributed by atoms with E-state index in [0.29, 0.717) is 0 Å². The van der Waals surface area contributed by atoms with E-state index in [0.717, 1.165) is 29.7 Å². The highest BCUT2D eigenvalue weighted by atomic mass is 14.9. The Morgan fingerprint density at radius 3 is 2.87 bits per heavy atom. The average Bonchev–Trinajstić information content (AvgIpc) is 2.69. The van der Waals surface area contributed by atoms with E-state index >= 15 is 0 Å². The standard InChI is InChI=1S/C12H17N3/c1-3-9(13)8-5-6-10-11(7-8)15-12(4-2)14-10/h5-7,9H,3-4,13H2,1-2H3,(H,14,15). The van der Waals surface area contributed by atoms with Crippen LogP contribution in [0.2, 0.25) is 0 Å². The van der Waals surface area contributed by atoms with Crippen LogP contribution in [0.15, 0.2) is 18.2 Å². The van der Waals surface area contributed by atoms with Crippen molar-refractivity contribution in [2.24, 2.45) is 5.73 Å². The first-order valence-electron chi connectivity index (χ1n) is 5.48. The second-order valence-electron chi connectivity index (χ2n) is 3.83. The van der Waals surface area contributed by atoms with Crippen molar-refractivity contribution in [3.63, 3.8) is 0 Å². The van der Waals surface area contributed by atoms with E-state index in [1.54, 1.807) is 0 Å². The Hall–Kier alpha value is -1.35. The molecule has 0 aliphatic carbocycles. The van der Waals surface area contributed by atoms with Crippen molar-refractivity contribution < 1.29 is 0 Å². The second-order valence-corrected chi connectivity index (χ2v) is 3.83. The smallest absolute Gasteiger partial charge is 0.106 e. The van der Waals surface area contributed by atoms with Crippen molar-refractivity contribution in [2.45, 2.75) is 32.7 Å². The lowest BCUT2D eigenvalue weighted by atomic mass is 10.1. The third-order valence-corrected chi connectivity index (χ3v) is 2.76. The average molecular weight is 203 g/mol. The summed E-state index contributed by atoms with van der Waals surface area (Å²) in [6, 6.07) is 6.34. The number of imidazole rings is 1. The largest absolute Gasteiger partial charge is 0.342 e. The molecule has 0 fully saturated rings. The number of nitrogens with one attached hydrogen (secondary N) is 1. The summed E-state index contributed by atoms with van der Waals surface area (Å²) in [5.41, 5.74) is 9.29. The van der Waals surface area contributed by atoms with Gasteiger partial charge in [-0.25, -0.2) is 4.98 Å². The molecular formula is C12H17N3. The fraction of sp³-hybridized carbons (Fsp3) is 0.417. The van der Waals surface area contributed by atoms with Crippen LogP contribution in [-0.4, -0.2) is 9.97 Å². The van der Waals surface area contributed by atoms with Gasteiger partial charge in [-0.3, -0.25) is 0 Å². The molecule has 2 aromatic rings. The minimum atomic E-state index is 0.128. The van der Waals surface area contributed by atoms with Gasteiger partial charge in [0.25, 0.3) is 0 Å².